The Morgan fingerprint density at radius 2 is 2.09 bits per heavy atom. The third-order valence-electron chi connectivity index (χ3n) is 2.92. The van der Waals surface area contributed by atoms with E-state index in [2.05, 4.69) is 20.5 Å². The molecular formula is C13H19N5O4S. The number of fused-ring (bicyclic) bond motifs is 1. The molecule has 0 saturated carbocycles. The van der Waals surface area contributed by atoms with Crippen molar-refractivity contribution in [2.45, 2.75) is 0 Å². The zero-order valence-corrected chi connectivity index (χ0v) is 13.5. The van der Waals surface area contributed by atoms with Crippen molar-refractivity contribution >= 4 is 27.3 Å². The van der Waals surface area contributed by atoms with E-state index >= 15 is 0 Å². The molecule has 0 saturated heterocycles. The average molecular weight is 341 g/mol. The Kier molecular flexibility index (Phi) is 5.77. The Morgan fingerprint density at radius 1 is 1.30 bits per heavy atom. The number of carbonyl (C=O) groups is 1. The summed E-state index contributed by atoms with van der Waals surface area (Å²) in [6.07, 6.45) is 3.29. The van der Waals surface area contributed by atoms with Crippen LogP contribution in [0, 0.1) is 0 Å². The van der Waals surface area contributed by atoms with E-state index in [1.54, 1.807) is 35.1 Å². The number of hydrogen-bond acceptors (Lipinski definition) is 5. The van der Waals surface area contributed by atoms with Crippen molar-refractivity contribution in [2.75, 3.05) is 37.3 Å². The van der Waals surface area contributed by atoms with E-state index in [-0.39, 0.29) is 12.3 Å². The highest BCUT2D eigenvalue weighted by molar-refractivity contribution is 7.92. The van der Waals surface area contributed by atoms with Crippen LogP contribution in [0.2, 0.25) is 0 Å². The number of ether oxygens (including phenoxy) is 1. The third kappa shape index (κ3) is 5.42. The predicted octanol–water partition coefficient (Wildman–Crippen LogP) is 0.0216. The lowest BCUT2D eigenvalue weighted by molar-refractivity contribution is 0.196. The molecule has 0 unspecified atom stereocenters. The summed E-state index contributed by atoms with van der Waals surface area (Å²) in [6, 6.07) is 4.62. The van der Waals surface area contributed by atoms with Crippen molar-refractivity contribution in [2.24, 2.45) is 0 Å². The fourth-order valence-electron chi connectivity index (χ4n) is 1.84. The van der Waals surface area contributed by atoms with Crippen LogP contribution < -0.4 is 15.4 Å². The van der Waals surface area contributed by atoms with Crippen molar-refractivity contribution in [1.29, 1.82) is 0 Å². The van der Waals surface area contributed by atoms with Gasteiger partial charge in [0.25, 0.3) is 0 Å². The minimum atomic E-state index is -3.55. The lowest BCUT2D eigenvalue weighted by Gasteiger charge is -2.10. The summed E-state index contributed by atoms with van der Waals surface area (Å²) < 4.78 is 32.9. The van der Waals surface area contributed by atoms with Crippen LogP contribution in [0.1, 0.15) is 0 Å². The summed E-state index contributed by atoms with van der Waals surface area (Å²) >= 11 is 0. The van der Waals surface area contributed by atoms with Crippen molar-refractivity contribution < 1.29 is 17.9 Å². The normalized spacial score (nSPS) is 11.3. The van der Waals surface area contributed by atoms with Crippen LogP contribution in [0.3, 0.4) is 0 Å². The molecule has 0 aromatic carbocycles. The molecule has 0 atom stereocenters. The standard InChI is InChI=1S/C13H19N5O4S/c1-22-8-5-14-13(19)15-6-9-23(20,21)17-11-3-7-18-12(10-11)2-4-16-18/h2-4,7,10,17H,5-6,8-9H2,1H3,(H2,14,15,19). The third-order valence-corrected chi connectivity index (χ3v) is 4.21. The molecule has 0 aliphatic rings. The maximum atomic E-state index is 12.0. The summed E-state index contributed by atoms with van der Waals surface area (Å²) in [7, 11) is -2.03. The van der Waals surface area contributed by atoms with Crippen molar-refractivity contribution in [3.8, 4) is 0 Å². The Balaban J connectivity index is 1.81. The highest BCUT2D eigenvalue weighted by atomic mass is 32.2. The fraction of sp³-hybridized carbons (Fsp3) is 0.385. The van der Waals surface area contributed by atoms with Gasteiger partial charge in [-0.1, -0.05) is 0 Å². The van der Waals surface area contributed by atoms with Gasteiger partial charge < -0.3 is 15.4 Å². The number of rotatable bonds is 8. The smallest absolute Gasteiger partial charge is 0.314 e. The van der Waals surface area contributed by atoms with E-state index in [1.165, 1.54) is 7.11 Å². The van der Waals surface area contributed by atoms with Gasteiger partial charge in [-0.2, -0.15) is 5.10 Å². The van der Waals surface area contributed by atoms with E-state index in [0.717, 1.165) is 5.52 Å². The molecule has 10 heteroatoms. The van der Waals surface area contributed by atoms with Gasteiger partial charge in [-0.25, -0.2) is 17.7 Å². The molecule has 2 aromatic heterocycles. The van der Waals surface area contributed by atoms with Crippen molar-refractivity contribution in [1.82, 2.24) is 20.2 Å². The number of amides is 2. The van der Waals surface area contributed by atoms with E-state index < -0.39 is 16.1 Å². The molecule has 0 aliphatic carbocycles. The fourth-order valence-corrected chi connectivity index (χ4v) is 2.80. The van der Waals surface area contributed by atoms with Gasteiger partial charge in [-0.15, -0.1) is 0 Å². The number of pyridine rings is 1. The van der Waals surface area contributed by atoms with Gasteiger partial charge in [0, 0.05) is 32.6 Å². The second-order valence-electron chi connectivity index (χ2n) is 4.71. The molecule has 9 nitrogen and oxygen atoms in total. The van der Waals surface area contributed by atoms with E-state index in [9.17, 15) is 13.2 Å². The van der Waals surface area contributed by atoms with Crippen LogP contribution in [0.25, 0.3) is 5.52 Å². The number of nitrogens with zero attached hydrogens (tertiary/aromatic N) is 2. The molecule has 0 spiro atoms. The Labute approximate surface area is 134 Å². The van der Waals surface area contributed by atoms with Crippen LogP contribution in [0.5, 0.6) is 0 Å². The van der Waals surface area contributed by atoms with Crippen molar-refractivity contribution in [3.05, 3.63) is 30.6 Å². The molecule has 3 N–H and O–H groups in total. The number of methoxy groups -OCH3 is 1. The van der Waals surface area contributed by atoms with Crippen LogP contribution >= 0.6 is 0 Å². The lowest BCUT2D eigenvalue weighted by Crippen LogP contribution is -2.39. The number of sulfonamides is 1. The monoisotopic (exact) mass is 341 g/mol. The van der Waals surface area contributed by atoms with Gasteiger partial charge in [0.2, 0.25) is 10.0 Å². The summed E-state index contributed by atoms with van der Waals surface area (Å²) in [5.41, 5.74) is 1.23. The molecule has 2 aromatic rings. The van der Waals surface area contributed by atoms with Crippen LogP contribution in [-0.2, 0) is 14.8 Å². The van der Waals surface area contributed by atoms with Gasteiger partial charge in [0.1, 0.15) is 0 Å². The van der Waals surface area contributed by atoms with E-state index in [0.29, 0.717) is 18.8 Å². The summed E-state index contributed by atoms with van der Waals surface area (Å²) in [5, 5.41) is 9.04. The predicted molar refractivity (Wildman–Crippen MR) is 85.9 cm³/mol. The summed E-state index contributed by atoms with van der Waals surface area (Å²) in [4.78, 5) is 11.4. The Morgan fingerprint density at radius 3 is 2.87 bits per heavy atom. The zero-order valence-electron chi connectivity index (χ0n) is 12.7. The maximum absolute atomic E-state index is 12.0. The van der Waals surface area contributed by atoms with Gasteiger partial charge in [-0.3, -0.25) is 4.72 Å². The first-order chi connectivity index (χ1) is 11.0. The molecule has 0 radical (unpaired) electrons. The first-order valence-electron chi connectivity index (χ1n) is 6.95. The number of anilines is 1. The van der Waals surface area contributed by atoms with Crippen LogP contribution in [0.4, 0.5) is 10.5 Å². The van der Waals surface area contributed by atoms with Crippen LogP contribution in [0.15, 0.2) is 30.6 Å². The zero-order chi connectivity index (χ0) is 16.7. The highest BCUT2D eigenvalue weighted by Gasteiger charge is 2.11. The lowest BCUT2D eigenvalue weighted by atomic mass is 10.4. The molecule has 0 fully saturated rings. The molecule has 2 heterocycles. The van der Waals surface area contributed by atoms with Crippen molar-refractivity contribution in [3.63, 3.8) is 0 Å². The topological polar surface area (TPSA) is 114 Å². The van der Waals surface area contributed by atoms with Gasteiger partial charge >= 0.3 is 6.03 Å². The molecule has 126 valence electrons. The number of nitrogens with one attached hydrogen (secondary N) is 3. The number of carbonyl (C=O) groups excluding carboxylic acids is 1. The Hall–Kier alpha value is -2.33. The molecule has 0 aliphatic heterocycles. The minimum Gasteiger partial charge on any atom is -0.383 e. The molecule has 0 bridgehead atoms. The number of urea groups is 1. The highest BCUT2D eigenvalue weighted by Crippen LogP contribution is 2.12. The second kappa shape index (κ2) is 7.79. The molecule has 2 rings (SSSR count). The van der Waals surface area contributed by atoms with E-state index in [1.807, 2.05) is 0 Å². The average Bonchev–Trinajstić information content (AvgIpc) is 2.94. The number of hydrogen-bond donors (Lipinski definition) is 3. The number of aromatic nitrogens is 2. The summed E-state index contributed by atoms with van der Waals surface area (Å²) in [6.45, 7) is 0.756. The second-order valence-corrected chi connectivity index (χ2v) is 6.55. The summed E-state index contributed by atoms with van der Waals surface area (Å²) in [5.74, 6) is -0.227. The van der Waals surface area contributed by atoms with Crippen LogP contribution in [-0.4, -0.2) is 56.6 Å². The minimum absolute atomic E-state index is 0.00305. The SMILES string of the molecule is COCCNC(=O)NCCS(=O)(=O)Nc1ccn2nccc2c1. The first kappa shape index (κ1) is 17.0. The largest absolute Gasteiger partial charge is 0.383 e. The van der Waals surface area contributed by atoms with E-state index in [4.69, 9.17) is 4.74 Å². The molecule has 2 amide bonds. The van der Waals surface area contributed by atoms with Gasteiger partial charge in [-0.05, 0) is 18.2 Å². The molecule has 23 heavy (non-hydrogen) atoms. The first-order valence-corrected chi connectivity index (χ1v) is 8.60. The van der Waals surface area contributed by atoms with Gasteiger partial charge in [0.15, 0.2) is 0 Å². The molecular weight excluding hydrogens is 322 g/mol. The maximum Gasteiger partial charge on any atom is 0.314 e. The Bertz CT molecular complexity index is 759. The quantitative estimate of drug-likeness (QED) is 0.586. The van der Waals surface area contributed by atoms with Gasteiger partial charge in [0.05, 0.1) is 23.6 Å².